The number of carbonyl (C=O) groups is 1. The second-order valence-electron chi connectivity index (χ2n) is 8.60. The minimum Gasteiger partial charge on any atom is -0.487 e. The van der Waals surface area contributed by atoms with Gasteiger partial charge in [-0.15, -0.1) is 0 Å². The number of carbonyl (C=O) groups excluding carboxylic acids is 1. The van der Waals surface area contributed by atoms with Crippen LogP contribution in [0.5, 0.6) is 5.75 Å². The molecule has 1 aromatic heterocycles. The van der Waals surface area contributed by atoms with Crippen molar-refractivity contribution in [3.8, 4) is 5.75 Å². The molecular weight excluding hydrogens is 430 g/mol. The van der Waals surface area contributed by atoms with Gasteiger partial charge in [0, 0.05) is 57.5 Å². The summed E-state index contributed by atoms with van der Waals surface area (Å²) in [7, 11) is 0. The van der Waals surface area contributed by atoms with Gasteiger partial charge in [0.1, 0.15) is 17.6 Å². The molecule has 0 N–H and O–H groups in total. The fourth-order valence-electron chi connectivity index (χ4n) is 4.52. The van der Waals surface area contributed by atoms with Crippen molar-refractivity contribution in [2.45, 2.75) is 38.8 Å². The zero-order chi connectivity index (χ0) is 22.9. The first-order chi connectivity index (χ1) is 16.0. The molecule has 1 aromatic carbocycles. The Bertz CT molecular complexity index is 1100. The molecule has 1 saturated heterocycles. The summed E-state index contributed by atoms with van der Waals surface area (Å²) in [4.78, 5) is 25.8. The molecule has 0 unspecified atom stereocenters. The number of nitrogens with zero attached hydrogens (tertiary/aromatic N) is 4. The SMILES string of the molecule is CC(=O)N1CCc2nc(N3CCC(Oc4ccc(F)cc4F)CC3)c(C3=CCOC3)nc2C1. The van der Waals surface area contributed by atoms with E-state index in [1.165, 1.54) is 12.1 Å². The van der Waals surface area contributed by atoms with E-state index in [-0.39, 0.29) is 17.8 Å². The molecule has 3 aliphatic rings. The summed E-state index contributed by atoms with van der Waals surface area (Å²) in [5.74, 6) is -0.366. The number of aromatic nitrogens is 2. The van der Waals surface area contributed by atoms with Crippen LogP contribution < -0.4 is 9.64 Å². The van der Waals surface area contributed by atoms with Gasteiger partial charge in [-0.05, 0) is 12.1 Å². The Kier molecular flexibility index (Phi) is 5.97. The third-order valence-electron chi connectivity index (χ3n) is 6.38. The van der Waals surface area contributed by atoms with Crippen molar-refractivity contribution in [3.63, 3.8) is 0 Å². The topological polar surface area (TPSA) is 67.8 Å². The van der Waals surface area contributed by atoms with E-state index in [1.807, 2.05) is 6.08 Å². The van der Waals surface area contributed by atoms with Gasteiger partial charge in [-0.1, -0.05) is 6.08 Å². The van der Waals surface area contributed by atoms with E-state index >= 15 is 0 Å². The number of fused-ring (bicyclic) bond motifs is 1. The molecule has 3 aliphatic heterocycles. The van der Waals surface area contributed by atoms with Gasteiger partial charge in [-0.25, -0.2) is 18.7 Å². The summed E-state index contributed by atoms with van der Waals surface area (Å²) in [5, 5.41) is 0. The summed E-state index contributed by atoms with van der Waals surface area (Å²) < 4.78 is 38.5. The Hall–Kier alpha value is -3.07. The van der Waals surface area contributed by atoms with Crippen LogP contribution in [0.15, 0.2) is 24.3 Å². The Morgan fingerprint density at radius 2 is 1.97 bits per heavy atom. The molecule has 1 amide bonds. The highest BCUT2D eigenvalue weighted by atomic mass is 19.1. The molecule has 174 valence electrons. The van der Waals surface area contributed by atoms with E-state index in [0.29, 0.717) is 58.7 Å². The van der Waals surface area contributed by atoms with E-state index in [4.69, 9.17) is 19.4 Å². The van der Waals surface area contributed by atoms with Crippen molar-refractivity contribution in [1.82, 2.24) is 14.9 Å². The second-order valence-corrected chi connectivity index (χ2v) is 8.60. The van der Waals surface area contributed by atoms with Gasteiger partial charge in [-0.3, -0.25) is 4.79 Å². The zero-order valence-corrected chi connectivity index (χ0v) is 18.5. The second kappa shape index (κ2) is 9.05. The van der Waals surface area contributed by atoms with E-state index in [9.17, 15) is 13.6 Å². The molecule has 0 spiro atoms. The van der Waals surface area contributed by atoms with Gasteiger partial charge in [0.2, 0.25) is 5.91 Å². The van der Waals surface area contributed by atoms with Crippen LogP contribution in [0.3, 0.4) is 0 Å². The molecule has 0 bridgehead atoms. The highest BCUT2D eigenvalue weighted by molar-refractivity contribution is 5.75. The normalized spacial score (nSPS) is 18.8. The maximum atomic E-state index is 14.0. The average molecular weight is 456 g/mol. The van der Waals surface area contributed by atoms with E-state index < -0.39 is 11.6 Å². The lowest BCUT2D eigenvalue weighted by Gasteiger charge is -2.35. The third-order valence-corrected chi connectivity index (χ3v) is 6.38. The quantitative estimate of drug-likeness (QED) is 0.704. The molecule has 0 saturated carbocycles. The molecule has 0 aliphatic carbocycles. The number of rotatable bonds is 4. The number of amides is 1. The molecule has 0 atom stereocenters. The van der Waals surface area contributed by atoms with Crippen molar-refractivity contribution < 1.29 is 23.0 Å². The Morgan fingerprint density at radius 1 is 1.15 bits per heavy atom. The van der Waals surface area contributed by atoms with Crippen molar-refractivity contribution >= 4 is 17.3 Å². The van der Waals surface area contributed by atoms with Gasteiger partial charge < -0.3 is 19.3 Å². The number of benzene rings is 1. The minimum absolute atomic E-state index is 0.0381. The van der Waals surface area contributed by atoms with Crippen molar-refractivity contribution in [2.75, 3.05) is 37.7 Å². The summed E-state index contributed by atoms with van der Waals surface area (Å²) in [6.07, 6.45) is 3.91. The first-order valence-corrected chi connectivity index (χ1v) is 11.3. The first kappa shape index (κ1) is 21.8. The van der Waals surface area contributed by atoms with Crippen molar-refractivity contribution in [2.24, 2.45) is 0 Å². The molecule has 1 fully saturated rings. The number of hydrogen-bond acceptors (Lipinski definition) is 6. The predicted octanol–water partition coefficient (Wildman–Crippen LogP) is 3.12. The summed E-state index contributed by atoms with van der Waals surface area (Å²) >= 11 is 0. The van der Waals surface area contributed by atoms with Crippen LogP contribution in [-0.4, -0.2) is 59.7 Å². The number of anilines is 1. The lowest BCUT2D eigenvalue weighted by molar-refractivity contribution is -0.129. The monoisotopic (exact) mass is 456 g/mol. The lowest BCUT2D eigenvalue weighted by atomic mass is 10.0. The van der Waals surface area contributed by atoms with E-state index in [0.717, 1.165) is 34.5 Å². The van der Waals surface area contributed by atoms with Crippen LogP contribution in [0.25, 0.3) is 5.57 Å². The molecule has 9 heteroatoms. The maximum absolute atomic E-state index is 14.0. The molecule has 7 nitrogen and oxygen atoms in total. The van der Waals surface area contributed by atoms with E-state index in [2.05, 4.69) is 4.90 Å². The molecule has 0 radical (unpaired) electrons. The summed E-state index contributed by atoms with van der Waals surface area (Å²) in [6, 6.07) is 3.37. The van der Waals surface area contributed by atoms with Gasteiger partial charge in [0.25, 0.3) is 0 Å². The number of ether oxygens (including phenoxy) is 2. The van der Waals surface area contributed by atoms with Crippen molar-refractivity contribution in [3.05, 3.63) is 53.0 Å². The molecule has 33 heavy (non-hydrogen) atoms. The number of piperidine rings is 1. The van der Waals surface area contributed by atoms with Crippen LogP contribution in [-0.2, 0) is 22.5 Å². The molecule has 4 heterocycles. The Labute approximate surface area is 191 Å². The van der Waals surface area contributed by atoms with Gasteiger partial charge in [0.15, 0.2) is 17.4 Å². The van der Waals surface area contributed by atoms with Crippen LogP contribution >= 0.6 is 0 Å². The fraction of sp³-hybridized carbons (Fsp3) is 0.458. The first-order valence-electron chi connectivity index (χ1n) is 11.3. The lowest BCUT2D eigenvalue weighted by Crippen LogP contribution is -2.40. The van der Waals surface area contributed by atoms with E-state index in [1.54, 1.807) is 11.8 Å². The number of hydrogen-bond donors (Lipinski definition) is 0. The standard InChI is InChI=1S/C24H26F2N4O3/c1-15(31)30-10-6-20-21(13-30)27-23(16-7-11-32-14-16)24(28-20)29-8-4-18(5-9-29)33-22-3-2-17(25)12-19(22)26/h2-3,7,12,18H,4-6,8-11,13-14H2,1H3. The highest BCUT2D eigenvalue weighted by Gasteiger charge is 2.29. The minimum atomic E-state index is -0.687. The van der Waals surface area contributed by atoms with Crippen LogP contribution in [0, 0.1) is 11.6 Å². The zero-order valence-electron chi connectivity index (χ0n) is 18.5. The Balaban J connectivity index is 1.35. The fourth-order valence-corrected chi connectivity index (χ4v) is 4.52. The van der Waals surface area contributed by atoms with Crippen LogP contribution in [0.1, 0.15) is 36.8 Å². The number of halogens is 2. The highest BCUT2D eigenvalue weighted by Crippen LogP contribution is 2.32. The van der Waals surface area contributed by atoms with Crippen LogP contribution in [0.2, 0.25) is 0 Å². The predicted molar refractivity (Wildman–Crippen MR) is 118 cm³/mol. The summed E-state index contributed by atoms with van der Waals surface area (Å²) in [6.45, 7) is 5.08. The maximum Gasteiger partial charge on any atom is 0.219 e. The van der Waals surface area contributed by atoms with Gasteiger partial charge in [-0.2, -0.15) is 0 Å². The molecular formula is C24H26F2N4O3. The van der Waals surface area contributed by atoms with Gasteiger partial charge >= 0.3 is 0 Å². The molecule has 2 aromatic rings. The molecule has 5 rings (SSSR count). The van der Waals surface area contributed by atoms with Crippen molar-refractivity contribution in [1.29, 1.82) is 0 Å². The average Bonchev–Trinajstić information content (AvgIpc) is 3.35. The smallest absolute Gasteiger partial charge is 0.219 e. The van der Waals surface area contributed by atoms with Gasteiger partial charge in [0.05, 0.1) is 31.1 Å². The Morgan fingerprint density at radius 3 is 2.67 bits per heavy atom. The third kappa shape index (κ3) is 4.55. The largest absolute Gasteiger partial charge is 0.487 e. The summed E-state index contributed by atoms with van der Waals surface area (Å²) in [5.41, 5.74) is 3.58. The van der Waals surface area contributed by atoms with Crippen LogP contribution in [0.4, 0.5) is 14.6 Å².